The normalized spacial score (nSPS) is 22.7. The zero-order valence-corrected chi connectivity index (χ0v) is 9.41. The first-order valence-corrected chi connectivity index (χ1v) is 5.69. The molecule has 88 valence electrons. The molecule has 2 unspecified atom stereocenters. The van der Waals surface area contributed by atoms with Gasteiger partial charge in [-0.1, -0.05) is 6.92 Å². The molecule has 4 nitrogen and oxygen atoms in total. The molecule has 1 aliphatic rings. The summed E-state index contributed by atoms with van der Waals surface area (Å²) in [7, 11) is 0. The first-order valence-electron chi connectivity index (χ1n) is 5.69. The van der Waals surface area contributed by atoms with Crippen LogP contribution in [-0.2, 0) is 14.3 Å². The third-order valence-corrected chi connectivity index (χ3v) is 2.70. The summed E-state index contributed by atoms with van der Waals surface area (Å²) >= 11 is 0. The molecule has 0 bridgehead atoms. The smallest absolute Gasteiger partial charge is 0.305 e. The van der Waals surface area contributed by atoms with Crippen molar-refractivity contribution in [1.82, 2.24) is 0 Å². The first-order chi connectivity index (χ1) is 7.22. The van der Waals surface area contributed by atoms with Crippen molar-refractivity contribution in [2.75, 3.05) is 19.8 Å². The summed E-state index contributed by atoms with van der Waals surface area (Å²) in [6.07, 6.45) is 3.48. The Bertz CT molecular complexity index is 190. The second-order valence-corrected chi connectivity index (χ2v) is 4.20. The lowest BCUT2D eigenvalue weighted by molar-refractivity contribution is -0.147. The fourth-order valence-electron chi connectivity index (χ4n) is 1.52. The molecule has 4 heteroatoms. The largest absolute Gasteiger partial charge is 0.463 e. The van der Waals surface area contributed by atoms with E-state index in [0.717, 1.165) is 25.9 Å². The zero-order chi connectivity index (χ0) is 11.1. The predicted octanol–water partition coefficient (Wildman–Crippen LogP) is 1.08. The molecule has 1 rings (SSSR count). The Labute approximate surface area is 91.1 Å². The van der Waals surface area contributed by atoms with Crippen LogP contribution in [0.25, 0.3) is 0 Å². The fourth-order valence-corrected chi connectivity index (χ4v) is 1.52. The van der Waals surface area contributed by atoms with Gasteiger partial charge in [-0.2, -0.15) is 0 Å². The van der Waals surface area contributed by atoms with Crippen molar-refractivity contribution in [3.05, 3.63) is 0 Å². The molecule has 2 N–H and O–H groups in total. The quantitative estimate of drug-likeness (QED) is 0.674. The maximum atomic E-state index is 11.3. The summed E-state index contributed by atoms with van der Waals surface area (Å²) < 4.78 is 10.5. The van der Waals surface area contributed by atoms with E-state index >= 15 is 0 Å². The van der Waals surface area contributed by atoms with Crippen LogP contribution in [0.2, 0.25) is 0 Å². The average Bonchev–Trinajstić information content (AvgIpc) is 2.75. The van der Waals surface area contributed by atoms with Crippen molar-refractivity contribution in [2.45, 2.75) is 38.7 Å². The number of rotatable bonds is 6. The Balaban J connectivity index is 2.02. The van der Waals surface area contributed by atoms with Gasteiger partial charge in [-0.15, -0.1) is 0 Å². The van der Waals surface area contributed by atoms with Crippen molar-refractivity contribution >= 4 is 5.97 Å². The number of esters is 1. The van der Waals surface area contributed by atoms with Crippen LogP contribution in [0.1, 0.15) is 32.6 Å². The van der Waals surface area contributed by atoms with Crippen LogP contribution in [0, 0.1) is 5.92 Å². The van der Waals surface area contributed by atoms with E-state index in [1.54, 1.807) is 0 Å². The molecule has 1 heterocycles. The molecular formula is C11H21NO3. The van der Waals surface area contributed by atoms with Crippen LogP contribution in [0.4, 0.5) is 0 Å². The SMILES string of the molecule is CC(CN)CCC(=O)OCC1CCCO1. The van der Waals surface area contributed by atoms with E-state index in [0.29, 0.717) is 25.5 Å². The third-order valence-electron chi connectivity index (χ3n) is 2.70. The summed E-state index contributed by atoms with van der Waals surface area (Å²) in [5.41, 5.74) is 5.46. The molecule has 0 aromatic heterocycles. The lowest BCUT2D eigenvalue weighted by Gasteiger charge is -2.11. The summed E-state index contributed by atoms with van der Waals surface area (Å²) in [6, 6.07) is 0. The summed E-state index contributed by atoms with van der Waals surface area (Å²) in [4.78, 5) is 11.3. The standard InChI is InChI=1S/C11H21NO3/c1-9(7-12)4-5-11(13)15-8-10-3-2-6-14-10/h9-10H,2-8,12H2,1H3. The molecule has 0 aliphatic carbocycles. The maximum absolute atomic E-state index is 11.3. The highest BCUT2D eigenvalue weighted by atomic mass is 16.6. The maximum Gasteiger partial charge on any atom is 0.305 e. The summed E-state index contributed by atoms with van der Waals surface area (Å²) in [5, 5.41) is 0. The van der Waals surface area contributed by atoms with Gasteiger partial charge in [-0.05, 0) is 31.7 Å². The number of nitrogens with two attached hydrogens (primary N) is 1. The fraction of sp³-hybridized carbons (Fsp3) is 0.909. The van der Waals surface area contributed by atoms with E-state index in [4.69, 9.17) is 15.2 Å². The molecule has 2 atom stereocenters. The number of carbonyl (C=O) groups is 1. The van der Waals surface area contributed by atoms with Crippen LogP contribution >= 0.6 is 0 Å². The van der Waals surface area contributed by atoms with E-state index in [1.165, 1.54) is 0 Å². The molecular weight excluding hydrogens is 194 g/mol. The van der Waals surface area contributed by atoms with Crippen LogP contribution in [0.5, 0.6) is 0 Å². The van der Waals surface area contributed by atoms with Gasteiger partial charge in [0.1, 0.15) is 6.61 Å². The second kappa shape index (κ2) is 6.80. The van der Waals surface area contributed by atoms with Crippen molar-refractivity contribution < 1.29 is 14.3 Å². The molecule has 1 saturated heterocycles. The van der Waals surface area contributed by atoms with E-state index in [1.807, 2.05) is 6.92 Å². The van der Waals surface area contributed by atoms with Gasteiger partial charge >= 0.3 is 5.97 Å². The molecule has 1 fully saturated rings. The van der Waals surface area contributed by atoms with E-state index in [9.17, 15) is 4.79 Å². The highest BCUT2D eigenvalue weighted by Crippen LogP contribution is 2.12. The van der Waals surface area contributed by atoms with Gasteiger partial charge in [0.25, 0.3) is 0 Å². The van der Waals surface area contributed by atoms with E-state index in [-0.39, 0.29) is 12.1 Å². The van der Waals surface area contributed by atoms with Crippen molar-refractivity contribution in [1.29, 1.82) is 0 Å². The molecule has 0 aromatic rings. The van der Waals surface area contributed by atoms with Crippen LogP contribution in [0.15, 0.2) is 0 Å². The van der Waals surface area contributed by atoms with E-state index in [2.05, 4.69) is 0 Å². The lowest BCUT2D eigenvalue weighted by atomic mass is 10.1. The summed E-state index contributed by atoms with van der Waals surface area (Å²) in [6.45, 7) is 3.87. The molecule has 0 saturated carbocycles. The van der Waals surface area contributed by atoms with Crippen LogP contribution in [-0.4, -0.2) is 31.8 Å². The zero-order valence-electron chi connectivity index (χ0n) is 9.41. The Kier molecular flexibility index (Phi) is 5.65. The van der Waals surface area contributed by atoms with Gasteiger partial charge in [-0.25, -0.2) is 0 Å². The number of hydrogen-bond acceptors (Lipinski definition) is 4. The third kappa shape index (κ3) is 5.14. The van der Waals surface area contributed by atoms with Gasteiger partial charge in [-0.3, -0.25) is 4.79 Å². The Morgan fingerprint density at radius 3 is 3.07 bits per heavy atom. The number of ether oxygens (including phenoxy) is 2. The van der Waals surface area contributed by atoms with Crippen molar-refractivity contribution in [2.24, 2.45) is 11.7 Å². The van der Waals surface area contributed by atoms with E-state index < -0.39 is 0 Å². The molecule has 0 aromatic carbocycles. The number of carbonyl (C=O) groups excluding carboxylic acids is 1. The van der Waals surface area contributed by atoms with Gasteiger partial charge < -0.3 is 15.2 Å². The second-order valence-electron chi connectivity index (χ2n) is 4.20. The Morgan fingerprint density at radius 1 is 1.67 bits per heavy atom. The predicted molar refractivity (Wildman–Crippen MR) is 57.4 cm³/mol. The average molecular weight is 215 g/mol. The molecule has 0 radical (unpaired) electrons. The monoisotopic (exact) mass is 215 g/mol. The highest BCUT2D eigenvalue weighted by Gasteiger charge is 2.17. The lowest BCUT2D eigenvalue weighted by Crippen LogP contribution is -2.19. The van der Waals surface area contributed by atoms with Gasteiger partial charge in [0.15, 0.2) is 0 Å². The minimum Gasteiger partial charge on any atom is -0.463 e. The Morgan fingerprint density at radius 2 is 2.47 bits per heavy atom. The minimum absolute atomic E-state index is 0.126. The minimum atomic E-state index is -0.134. The van der Waals surface area contributed by atoms with Crippen molar-refractivity contribution in [3.63, 3.8) is 0 Å². The molecule has 0 spiro atoms. The molecule has 1 aliphatic heterocycles. The van der Waals surface area contributed by atoms with Crippen LogP contribution in [0.3, 0.4) is 0 Å². The Hall–Kier alpha value is -0.610. The van der Waals surface area contributed by atoms with Gasteiger partial charge in [0.05, 0.1) is 6.10 Å². The van der Waals surface area contributed by atoms with Crippen LogP contribution < -0.4 is 5.73 Å². The number of hydrogen-bond donors (Lipinski definition) is 1. The van der Waals surface area contributed by atoms with Gasteiger partial charge in [0, 0.05) is 13.0 Å². The molecule has 15 heavy (non-hydrogen) atoms. The van der Waals surface area contributed by atoms with Crippen molar-refractivity contribution in [3.8, 4) is 0 Å². The molecule has 0 amide bonds. The first kappa shape index (κ1) is 12.5. The topological polar surface area (TPSA) is 61.6 Å². The highest BCUT2D eigenvalue weighted by molar-refractivity contribution is 5.69. The summed E-state index contributed by atoms with van der Waals surface area (Å²) in [5.74, 6) is 0.256. The van der Waals surface area contributed by atoms with Gasteiger partial charge in [0.2, 0.25) is 0 Å².